The van der Waals surface area contributed by atoms with Crippen molar-refractivity contribution in [3.8, 4) is 0 Å². The van der Waals surface area contributed by atoms with Gasteiger partial charge in [0, 0.05) is 31.6 Å². The minimum atomic E-state index is 0.291. The first-order valence-electron chi connectivity index (χ1n) is 12.0. The Labute approximate surface area is 189 Å². The van der Waals surface area contributed by atoms with E-state index in [0.29, 0.717) is 25.2 Å². The number of ether oxygens (including phenoxy) is 2. The molecule has 0 spiro atoms. The van der Waals surface area contributed by atoms with Crippen LogP contribution in [-0.2, 0) is 9.47 Å². The number of hydrogen-bond donors (Lipinski definition) is 0. The summed E-state index contributed by atoms with van der Waals surface area (Å²) in [5, 5.41) is 0. The zero-order valence-corrected chi connectivity index (χ0v) is 19.4. The van der Waals surface area contributed by atoms with Gasteiger partial charge in [0.15, 0.2) is 0 Å². The number of hydrogen-bond acceptors (Lipinski definition) is 4. The Hall–Kier alpha value is -1.88. The first-order valence-corrected chi connectivity index (χ1v) is 12.0. The van der Waals surface area contributed by atoms with Crippen LogP contribution in [-0.4, -0.2) is 57.5 Å². The van der Waals surface area contributed by atoms with Crippen LogP contribution in [0, 0.1) is 5.92 Å². The second kappa shape index (κ2) is 13.5. The highest BCUT2D eigenvalue weighted by atomic mass is 16.5. The van der Waals surface area contributed by atoms with Crippen LogP contribution in [0.25, 0.3) is 0 Å². The summed E-state index contributed by atoms with van der Waals surface area (Å²) >= 11 is 0. The number of nitrogens with zero attached hydrogens (tertiary/aromatic N) is 2. The van der Waals surface area contributed by atoms with Crippen molar-refractivity contribution in [1.82, 2.24) is 4.90 Å². The van der Waals surface area contributed by atoms with Crippen molar-refractivity contribution in [2.24, 2.45) is 5.92 Å². The minimum absolute atomic E-state index is 0.291. The van der Waals surface area contributed by atoms with Crippen molar-refractivity contribution in [2.75, 3.05) is 51.4 Å². The SMILES string of the molecule is CCCCCN1CCC(CCN(c2ccccc2)c2ccccc2)C(OCCOC)C1. The van der Waals surface area contributed by atoms with Gasteiger partial charge in [0.25, 0.3) is 0 Å². The first-order chi connectivity index (χ1) is 15.3. The lowest BCUT2D eigenvalue weighted by molar-refractivity contribution is -0.0538. The first kappa shape index (κ1) is 23.8. The molecule has 3 rings (SSSR count). The Morgan fingerprint density at radius 2 is 1.61 bits per heavy atom. The third-order valence-electron chi connectivity index (χ3n) is 6.34. The van der Waals surface area contributed by atoms with Crippen LogP contribution < -0.4 is 4.90 Å². The van der Waals surface area contributed by atoms with Gasteiger partial charge in [0.2, 0.25) is 0 Å². The quantitative estimate of drug-likeness (QED) is 0.382. The van der Waals surface area contributed by atoms with Gasteiger partial charge in [-0.15, -0.1) is 0 Å². The van der Waals surface area contributed by atoms with E-state index >= 15 is 0 Å². The Morgan fingerprint density at radius 3 is 2.23 bits per heavy atom. The molecule has 1 heterocycles. The van der Waals surface area contributed by atoms with E-state index in [1.165, 1.54) is 50.1 Å². The number of piperidine rings is 1. The normalized spacial score (nSPS) is 19.4. The van der Waals surface area contributed by atoms with Crippen LogP contribution in [0.4, 0.5) is 11.4 Å². The minimum Gasteiger partial charge on any atom is -0.382 e. The van der Waals surface area contributed by atoms with Gasteiger partial charge in [-0.25, -0.2) is 0 Å². The topological polar surface area (TPSA) is 24.9 Å². The summed E-state index contributed by atoms with van der Waals surface area (Å²) in [5.74, 6) is 0.578. The van der Waals surface area contributed by atoms with Crippen molar-refractivity contribution in [3.05, 3.63) is 60.7 Å². The van der Waals surface area contributed by atoms with Gasteiger partial charge in [-0.2, -0.15) is 0 Å². The molecular weight excluding hydrogens is 384 g/mol. The molecule has 31 heavy (non-hydrogen) atoms. The summed E-state index contributed by atoms with van der Waals surface area (Å²) in [6, 6.07) is 21.5. The van der Waals surface area contributed by atoms with Crippen molar-refractivity contribution in [3.63, 3.8) is 0 Å². The molecule has 1 aliphatic rings. The molecule has 0 saturated carbocycles. The number of para-hydroxylation sites is 2. The van der Waals surface area contributed by atoms with Crippen LogP contribution >= 0.6 is 0 Å². The number of unbranched alkanes of at least 4 members (excludes halogenated alkanes) is 2. The number of methoxy groups -OCH3 is 1. The molecule has 2 unspecified atom stereocenters. The monoisotopic (exact) mass is 424 g/mol. The van der Waals surface area contributed by atoms with Gasteiger partial charge < -0.3 is 19.3 Å². The third kappa shape index (κ3) is 7.64. The molecule has 0 aliphatic carbocycles. The van der Waals surface area contributed by atoms with Crippen LogP contribution in [0.1, 0.15) is 39.0 Å². The van der Waals surface area contributed by atoms with E-state index in [-0.39, 0.29) is 0 Å². The molecule has 1 fully saturated rings. The molecule has 2 atom stereocenters. The van der Waals surface area contributed by atoms with Crippen LogP contribution in [0.5, 0.6) is 0 Å². The van der Waals surface area contributed by atoms with Gasteiger partial charge in [-0.1, -0.05) is 56.2 Å². The fourth-order valence-corrected chi connectivity index (χ4v) is 4.54. The second-order valence-electron chi connectivity index (χ2n) is 8.57. The highest BCUT2D eigenvalue weighted by Gasteiger charge is 2.30. The molecular formula is C27H40N2O2. The largest absolute Gasteiger partial charge is 0.382 e. The lowest BCUT2D eigenvalue weighted by Gasteiger charge is -2.39. The zero-order chi connectivity index (χ0) is 21.7. The average Bonchev–Trinajstić information content (AvgIpc) is 2.82. The van der Waals surface area contributed by atoms with E-state index in [2.05, 4.69) is 77.4 Å². The number of rotatable bonds is 13. The summed E-state index contributed by atoms with van der Waals surface area (Å²) in [4.78, 5) is 5.05. The molecule has 0 bridgehead atoms. The molecule has 1 aliphatic heterocycles. The standard InChI is InChI=1S/C27H40N2O2/c1-3-4-11-18-28-19-16-24(27(23-28)31-22-21-30-2)17-20-29(25-12-7-5-8-13-25)26-14-9-6-10-15-26/h5-10,12-15,24,27H,3-4,11,16-23H2,1-2H3. The average molecular weight is 425 g/mol. The molecule has 4 nitrogen and oxygen atoms in total. The highest BCUT2D eigenvalue weighted by Crippen LogP contribution is 2.29. The predicted molar refractivity (Wildman–Crippen MR) is 130 cm³/mol. The van der Waals surface area contributed by atoms with Gasteiger partial charge in [0.05, 0.1) is 19.3 Å². The second-order valence-corrected chi connectivity index (χ2v) is 8.57. The third-order valence-corrected chi connectivity index (χ3v) is 6.34. The Kier molecular flexibility index (Phi) is 10.4. The van der Waals surface area contributed by atoms with Crippen molar-refractivity contribution >= 4 is 11.4 Å². The van der Waals surface area contributed by atoms with Crippen LogP contribution in [0.15, 0.2) is 60.7 Å². The van der Waals surface area contributed by atoms with E-state index in [0.717, 1.165) is 19.5 Å². The van der Waals surface area contributed by atoms with E-state index in [1.807, 2.05) is 0 Å². The molecule has 0 N–H and O–H groups in total. The van der Waals surface area contributed by atoms with Gasteiger partial charge >= 0.3 is 0 Å². The van der Waals surface area contributed by atoms with E-state index in [9.17, 15) is 0 Å². The zero-order valence-electron chi connectivity index (χ0n) is 19.4. The maximum Gasteiger partial charge on any atom is 0.0732 e. The fourth-order valence-electron chi connectivity index (χ4n) is 4.54. The lowest BCUT2D eigenvalue weighted by Crippen LogP contribution is -2.46. The van der Waals surface area contributed by atoms with Crippen molar-refractivity contribution < 1.29 is 9.47 Å². The van der Waals surface area contributed by atoms with E-state index in [4.69, 9.17) is 9.47 Å². The van der Waals surface area contributed by atoms with Gasteiger partial charge in [0.1, 0.15) is 0 Å². The Morgan fingerprint density at radius 1 is 0.935 bits per heavy atom. The van der Waals surface area contributed by atoms with Crippen molar-refractivity contribution in [2.45, 2.75) is 45.1 Å². The van der Waals surface area contributed by atoms with E-state index in [1.54, 1.807) is 7.11 Å². The van der Waals surface area contributed by atoms with Crippen LogP contribution in [0.2, 0.25) is 0 Å². The fraction of sp³-hybridized carbons (Fsp3) is 0.556. The van der Waals surface area contributed by atoms with Gasteiger partial charge in [-0.3, -0.25) is 0 Å². The molecule has 2 aromatic carbocycles. The highest BCUT2D eigenvalue weighted by molar-refractivity contribution is 5.62. The molecule has 0 radical (unpaired) electrons. The van der Waals surface area contributed by atoms with Crippen molar-refractivity contribution in [1.29, 1.82) is 0 Å². The summed E-state index contributed by atoms with van der Waals surface area (Å²) in [6.45, 7) is 8.06. The van der Waals surface area contributed by atoms with E-state index < -0.39 is 0 Å². The van der Waals surface area contributed by atoms with Gasteiger partial charge in [-0.05, 0) is 62.5 Å². The number of likely N-dealkylation sites (tertiary alicyclic amines) is 1. The molecule has 170 valence electrons. The molecule has 0 amide bonds. The molecule has 4 heteroatoms. The summed E-state index contributed by atoms with van der Waals surface area (Å²) in [5.41, 5.74) is 2.50. The smallest absolute Gasteiger partial charge is 0.0732 e. The Balaban J connectivity index is 1.64. The lowest BCUT2D eigenvalue weighted by atomic mass is 9.90. The summed E-state index contributed by atoms with van der Waals surface area (Å²) in [7, 11) is 1.75. The number of anilines is 2. The maximum atomic E-state index is 6.33. The number of benzene rings is 2. The Bertz CT molecular complexity index is 670. The molecule has 0 aromatic heterocycles. The summed E-state index contributed by atoms with van der Waals surface area (Å²) in [6.07, 6.45) is 6.52. The predicted octanol–water partition coefficient (Wildman–Crippen LogP) is 5.76. The molecule has 1 saturated heterocycles. The maximum absolute atomic E-state index is 6.33. The molecule has 2 aromatic rings. The summed E-state index contributed by atoms with van der Waals surface area (Å²) < 4.78 is 11.6. The van der Waals surface area contributed by atoms with Crippen LogP contribution in [0.3, 0.4) is 0 Å².